The molecule has 1 aromatic heterocycles. The third-order valence-corrected chi connectivity index (χ3v) is 13.9. The summed E-state index contributed by atoms with van der Waals surface area (Å²) in [7, 11) is 0. The third kappa shape index (κ3) is 4.75. The van der Waals surface area contributed by atoms with Crippen LogP contribution in [0.25, 0.3) is 44.7 Å². The number of rotatable bonds is 6. The van der Waals surface area contributed by atoms with Crippen LogP contribution in [0.3, 0.4) is 0 Å². The van der Waals surface area contributed by atoms with Crippen LogP contribution in [0, 0.1) is 5.92 Å². The van der Waals surface area contributed by atoms with Gasteiger partial charge in [-0.3, -0.25) is 5.01 Å². The van der Waals surface area contributed by atoms with Crippen LogP contribution in [0.2, 0.25) is 0 Å². The van der Waals surface area contributed by atoms with Crippen LogP contribution in [-0.4, -0.2) is 14.6 Å². The van der Waals surface area contributed by atoms with Crippen molar-refractivity contribution in [3.05, 3.63) is 263 Å². The van der Waals surface area contributed by atoms with Gasteiger partial charge in [0.2, 0.25) is 0 Å². The summed E-state index contributed by atoms with van der Waals surface area (Å²) in [5.41, 5.74) is 16.8. The summed E-state index contributed by atoms with van der Waals surface area (Å²) in [5.74, 6) is 0.179. The maximum atomic E-state index is 2.59. The minimum atomic E-state index is -0.382. The van der Waals surface area contributed by atoms with Crippen LogP contribution in [0.4, 0.5) is 0 Å². The molecule has 1 saturated heterocycles. The Hall–Kier alpha value is -7.20. The van der Waals surface area contributed by atoms with Crippen LogP contribution in [-0.2, 0) is 11.8 Å². The van der Waals surface area contributed by atoms with Gasteiger partial charge in [-0.25, -0.2) is 0 Å². The van der Waals surface area contributed by atoms with Gasteiger partial charge in [0, 0.05) is 28.2 Å². The SMILES string of the molecule is C1=C2c3cc4ccccc4cc3C(c3ccccc3)(c3ccccc3)C2Cc2c1c1cc(C3N4C(c5ccccc5)=CC(c5ccccc5)N34)ccc1n2-c1ccccc1. The first kappa shape index (κ1) is 33.7. The topological polar surface area (TPSA) is 10.9 Å². The van der Waals surface area contributed by atoms with Crippen molar-refractivity contribution < 1.29 is 0 Å². The lowest BCUT2D eigenvalue weighted by molar-refractivity contribution is 0.365. The molecule has 0 bridgehead atoms. The van der Waals surface area contributed by atoms with E-state index in [9.17, 15) is 0 Å². The summed E-state index contributed by atoms with van der Waals surface area (Å²) >= 11 is 0. The van der Waals surface area contributed by atoms with Gasteiger partial charge >= 0.3 is 0 Å². The summed E-state index contributed by atoms with van der Waals surface area (Å²) in [6.45, 7) is 0. The summed E-state index contributed by atoms with van der Waals surface area (Å²) in [6.07, 6.45) is 6.06. The summed E-state index contributed by atoms with van der Waals surface area (Å²) in [6, 6.07) is 76.8. The highest BCUT2D eigenvalue weighted by Crippen LogP contribution is 2.62. The Morgan fingerprint density at radius 2 is 1.13 bits per heavy atom. The Bertz CT molecular complexity index is 3140. The molecular formula is C57H41N3. The number of aromatic nitrogens is 1. The van der Waals surface area contributed by atoms with Crippen molar-refractivity contribution in [3.8, 4) is 5.69 Å². The molecule has 9 aromatic rings. The van der Waals surface area contributed by atoms with Gasteiger partial charge in [-0.1, -0.05) is 170 Å². The first-order valence-electron chi connectivity index (χ1n) is 21.3. The number of hydrogen-bond acceptors (Lipinski definition) is 2. The number of hydrogen-bond donors (Lipinski definition) is 0. The van der Waals surface area contributed by atoms with Gasteiger partial charge in [0.1, 0.15) is 6.17 Å². The fourth-order valence-corrected chi connectivity index (χ4v) is 11.3. The fraction of sp³-hybridized carbons (Fsp3) is 0.0877. The van der Waals surface area contributed by atoms with E-state index in [-0.39, 0.29) is 23.5 Å². The minimum absolute atomic E-state index is 0.141. The van der Waals surface area contributed by atoms with Gasteiger partial charge in [-0.2, -0.15) is 5.01 Å². The number of benzene rings is 8. The molecule has 8 aromatic carbocycles. The fourth-order valence-electron chi connectivity index (χ4n) is 11.3. The highest BCUT2D eigenvalue weighted by molar-refractivity contribution is 6.04. The van der Waals surface area contributed by atoms with Gasteiger partial charge in [0.25, 0.3) is 0 Å². The summed E-state index contributed by atoms with van der Waals surface area (Å²) < 4.78 is 2.57. The second kappa shape index (κ2) is 12.9. The highest BCUT2D eigenvalue weighted by atomic mass is 15.9. The number of para-hydroxylation sites is 1. The maximum absolute atomic E-state index is 2.59. The molecule has 13 rings (SSSR count). The van der Waals surface area contributed by atoms with Crippen LogP contribution in [0.1, 0.15) is 62.4 Å². The Morgan fingerprint density at radius 1 is 0.533 bits per heavy atom. The molecular weight excluding hydrogens is 727 g/mol. The highest BCUT2D eigenvalue weighted by Gasteiger charge is 2.57. The van der Waals surface area contributed by atoms with Crippen molar-refractivity contribution in [2.24, 2.45) is 5.92 Å². The Morgan fingerprint density at radius 3 is 1.82 bits per heavy atom. The molecule has 0 saturated carbocycles. The Kier molecular flexibility index (Phi) is 7.25. The quantitative estimate of drug-likeness (QED) is 0.156. The molecule has 284 valence electrons. The van der Waals surface area contributed by atoms with E-state index in [0.29, 0.717) is 0 Å². The van der Waals surface area contributed by atoms with Crippen LogP contribution in [0.5, 0.6) is 0 Å². The standard InChI is InChI=1S/C57H41N3/c1-6-18-38(19-7-1)53-37-54(39-20-8-2-9-21-39)60-56(59(53)60)42-30-31-52-48(33-42)49-35-47-46-32-40-22-16-17-23-41(40)34-50(46)57(43-24-10-3-11-25-43,44-26-12-4-13-27-44)51(47)36-55(49)58(52)45-28-14-5-15-29-45/h1-35,37,51,53,56H,36H2. The van der Waals surface area contributed by atoms with Gasteiger partial charge in [0.05, 0.1) is 22.7 Å². The zero-order chi connectivity index (χ0) is 39.4. The normalized spacial score (nSPS) is 20.6. The van der Waals surface area contributed by atoms with E-state index >= 15 is 0 Å². The molecule has 3 nitrogen and oxygen atoms in total. The predicted octanol–water partition coefficient (Wildman–Crippen LogP) is 13.2. The molecule has 60 heavy (non-hydrogen) atoms. The van der Waals surface area contributed by atoms with Crippen molar-refractivity contribution in [2.75, 3.05) is 0 Å². The average molecular weight is 768 g/mol. The van der Waals surface area contributed by atoms with Crippen molar-refractivity contribution in [1.29, 1.82) is 0 Å². The number of allylic oxidation sites excluding steroid dienone is 1. The molecule has 4 atom stereocenters. The molecule has 2 aliphatic carbocycles. The van der Waals surface area contributed by atoms with Gasteiger partial charge in [-0.05, 0) is 110 Å². The molecule has 3 heterocycles. The van der Waals surface area contributed by atoms with Crippen molar-refractivity contribution >= 4 is 39.0 Å². The molecule has 0 spiro atoms. The van der Waals surface area contributed by atoms with Gasteiger partial charge in [-0.15, -0.1) is 0 Å². The van der Waals surface area contributed by atoms with Gasteiger partial charge in [0.15, 0.2) is 0 Å². The molecule has 4 unspecified atom stereocenters. The van der Waals surface area contributed by atoms with E-state index in [1.807, 2.05) is 0 Å². The van der Waals surface area contributed by atoms with Crippen molar-refractivity contribution in [3.63, 3.8) is 0 Å². The molecule has 4 aliphatic rings. The molecule has 1 fully saturated rings. The smallest absolute Gasteiger partial charge is 0.141 e. The molecule has 2 aliphatic heterocycles. The zero-order valence-corrected chi connectivity index (χ0v) is 33.1. The van der Waals surface area contributed by atoms with E-state index in [0.717, 1.165) is 6.42 Å². The lowest BCUT2D eigenvalue weighted by Gasteiger charge is -2.40. The summed E-state index contributed by atoms with van der Waals surface area (Å²) in [5, 5.41) is 8.94. The van der Waals surface area contributed by atoms with Crippen molar-refractivity contribution in [2.45, 2.75) is 24.0 Å². The van der Waals surface area contributed by atoms with E-state index in [2.05, 4.69) is 233 Å². The van der Waals surface area contributed by atoms with Crippen LogP contribution in [0.15, 0.2) is 212 Å². The first-order chi connectivity index (χ1) is 29.8. The minimum Gasteiger partial charge on any atom is -0.313 e. The van der Waals surface area contributed by atoms with Crippen LogP contribution >= 0.6 is 0 Å². The van der Waals surface area contributed by atoms with Crippen molar-refractivity contribution in [1.82, 2.24) is 14.6 Å². The molecule has 0 N–H and O–H groups in total. The second-order valence-corrected chi connectivity index (χ2v) is 16.8. The number of hydrazine groups is 1. The Labute approximate surface area is 350 Å². The lowest BCUT2D eigenvalue weighted by atomic mass is 9.62. The predicted molar refractivity (Wildman–Crippen MR) is 245 cm³/mol. The van der Waals surface area contributed by atoms with E-state index in [1.54, 1.807) is 0 Å². The molecule has 0 radical (unpaired) electrons. The largest absolute Gasteiger partial charge is 0.313 e. The third-order valence-electron chi connectivity index (χ3n) is 13.9. The zero-order valence-electron chi connectivity index (χ0n) is 33.1. The monoisotopic (exact) mass is 767 g/mol. The Balaban J connectivity index is 1.04. The molecule has 3 heteroatoms. The summed E-state index contributed by atoms with van der Waals surface area (Å²) in [4.78, 5) is 0. The van der Waals surface area contributed by atoms with Crippen LogP contribution < -0.4 is 0 Å². The number of fused-ring (bicyclic) bond motifs is 8. The lowest BCUT2D eigenvalue weighted by Crippen LogP contribution is -2.36. The maximum Gasteiger partial charge on any atom is 0.141 e. The van der Waals surface area contributed by atoms with E-state index in [1.165, 1.54) is 88.8 Å². The first-order valence-corrected chi connectivity index (χ1v) is 21.3. The average Bonchev–Trinajstić information content (AvgIpc) is 3.64. The molecule has 0 amide bonds. The van der Waals surface area contributed by atoms with E-state index < -0.39 is 0 Å². The van der Waals surface area contributed by atoms with Gasteiger partial charge < -0.3 is 4.57 Å². The number of nitrogens with zero attached hydrogens (tertiary/aromatic N) is 3. The second-order valence-electron chi connectivity index (χ2n) is 16.8. The van der Waals surface area contributed by atoms with E-state index in [4.69, 9.17) is 0 Å².